The first kappa shape index (κ1) is 21.0. The number of allylic oxidation sites excluding steroid dienone is 2. The second kappa shape index (κ2) is 8.74. The zero-order valence-corrected chi connectivity index (χ0v) is 17.0. The maximum atomic E-state index is 15.6. The molecule has 4 nitrogen and oxygen atoms in total. The molecule has 0 amide bonds. The van der Waals surface area contributed by atoms with E-state index in [1.165, 1.54) is 11.0 Å². The van der Waals surface area contributed by atoms with Gasteiger partial charge in [-0.3, -0.25) is 9.69 Å². The molecule has 152 valence electrons. The van der Waals surface area contributed by atoms with E-state index in [-0.39, 0.29) is 25.3 Å². The number of aromatic nitrogens is 1. The van der Waals surface area contributed by atoms with E-state index in [1.807, 2.05) is 12.1 Å². The second-order valence-electron chi connectivity index (χ2n) is 7.69. The molecule has 2 unspecified atom stereocenters. The van der Waals surface area contributed by atoms with Crippen molar-refractivity contribution in [3.05, 3.63) is 41.9 Å². The minimum absolute atomic E-state index is 0.0107. The average Bonchev–Trinajstić information content (AvgIpc) is 2.63. The smallest absolute Gasteiger partial charge is 0.303 e. The molecule has 3 rings (SSSR count). The molecule has 7 heteroatoms. The number of rotatable bonds is 6. The molecular formula is C21H26F2N2O2S. The van der Waals surface area contributed by atoms with Crippen LogP contribution < -0.4 is 0 Å². The Morgan fingerprint density at radius 1 is 1.46 bits per heavy atom. The zero-order chi connectivity index (χ0) is 20.3. The monoisotopic (exact) mass is 408 g/mol. The first-order chi connectivity index (χ1) is 13.3. The SMILES string of the molecule is CC(C)Sc1cccc(C2=CCC(F)(N3CCCC(CC(=O)O)C3)C(F)=C2)n1. The van der Waals surface area contributed by atoms with Gasteiger partial charge < -0.3 is 5.11 Å². The van der Waals surface area contributed by atoms with Crippen molar-refractivity contribution in [3.63, 3.8) is 0 Å². The standard InChI is InChI=1S/C21H26F2N2O2S/c1-14(2)28-19-7-3-6-17(24-19)16-8-9-21(23,18(22)12-16)25-10-4-5-15(13-25)11-20(26)27/h3,6-8,12,14-15H,4-5,9-11,13H2,1-2H3,(H,26,27). The van der Waals surface area contributed by atoms with Crippen molar-refractivity contribution in [3.8, 4) is 0 Å². The molecule has 0 radical (unpaired) electrons. The van der Waals surface area contributed by atoms with E-state index >= 15 is 4.39 Å². The van der Waals surface area contributed by atoms with Crippen LogP contribution in [0.4, 0.5) is 8.78 Å². The number of halogens is 2. The minimum atomic E-state index is -2.20. The summed E-state index contributed by atoms with van der Waals surface area (Å²) in [5.41, 5.74) is 1.21. The predicted molar refractivity (Wildman–Crippen MR) is 107 cm³/mol. The van der Waals surface area contributed by atoms with Gasteiger partial charge in [-0.15, -0.1) is 11.8 Å². The highest BCUT2D eigenvalue weighted by atomic mass is 32.2. The summed E-state index contributed by atoms with van der Waals surface area (Å²) in [5, 5.41) is 10.2. The molecule has 0 saturated carbocycles. The zero-order valence-electron chi connectivity index (χ0n) is 16.2. The summed E-state index contributed by atoms with van der Waals surface area (Å²) in [5.74, 6) is -4.08. The van der Waals surface area contributed by atoms with Crippen LogP contribution in [0.5, 0.6) is 0 Å². The molecule has 1 fully saturated rings. The first-order valence-corrected chi connectivity index (χ1v) is 10.5. The number of hydrogen-bond acceptors (Lipinski definition) is 4. The molecule has 1 aliphatic heterocycles. The fourth-order valence-electron chi connectivity index (χ4n) is 3.79. The Morgan fingerprint density at radius 3 is 2.93 bits per heavy atom. The molecule has 0 spiro atoms. The van der Waals surface area contributed by atoms with Crippen LogP contribution in [0.1, 0.15) is 45.2 Å². The molecule has 1 N–H and O–H groups in total. The van der Waals surface area contributed by atoms with Crippen LogP contribution in [-0.2, 0) is 4.79 Å². The van der Waals surface area contributed by atoms with Gasteiger partial charge in [0.25, 0.3) is 0 Å². The molecule has 0 bridgehead atoms. The maximum absolute atomic E-state index is 15.6. The second-order valence-corrected chi connectivity index (χ2v) is 9.29. The Labute approximate surface area is 168 Å². The third-order valence-electron chi connectivity index (χ3n) is 5.10. The van der Waals surface area contributed by atoms with Crippen LogP contribution in [0.25, 0.3) is 5.57 Å². The number of carbonyl (C=O) groups is 1. The molecular weight excluding hydrogens is 382 g/mol. The molecule has 1 aromatic rings. The van der Waals surface area contributed by atoms with E-state index in [0.29, 0.717) is 29.5 Å². The molecule has 2 atom stereocenters. The first-order valence-electron chi connectivity index (χ1n) is 9.65. The number of likely N-dealkylation sites (tertiary alicyclic amines) is 1. The third kappa shape index (κ3) is 4.81. The summed E-state index contributed by atoms with van der Waals surface area (Å²) in [6.45, 7) is 4.83. The summed E-state index contributed by atoms with van der Waals surface area (Å²) < 4.78 is 30.5. The third-order valence-corrected chi connectivity index (χ3v) is 6.04. The molecule has 0 aromatic carbocycles. The Bertz CT molecular complexity index is 796. The number of hydrogen-bond donors (Lipinski definition) is 1. The molecule has 2 aliphatic rings. The van der Waals surface area contributed by atoms with E-state index in [9.17, 15) is 9.18 Å². The summed E-state index contributed by atoms with van der Waals surface area (Å²) in [7, 11) is 0. The van der Waals surface area contributed by atoms with Gasteiger partial charge in [-0.1, -0.05) is 26.0 Å². The van der Waals surface area contributed by atoms with Crippen molar-refractivity contribution < 1.29 is 18.7 Å². The van der Waals surface area contributed by atoms with Crippen LogP contribution in [0.3, 0.4) is 0 Å². The Kier molecular flexibility index (Phi) is 6.55. The van der Waals surface area contributed by atoms with Crippen molar-refractivity contribution in [2.45, 2.75) is 55.6 Å². The number of pyridine rings is 1. The van der Waals surface area contributed by atoms with E-state index in [4.69, 9.17) is 5.11 Å². The Morgan fingerprint density at radius 2 is 2.25 bits per heavy atom. The van der Waals surface area contributed by atoms with Crippen LogP contribution >= 0.6 is 11.8 Å². The number of carboxylic acids is 1. The summed E-state index contributed by atoms with van der Waals surface area (Å²) in [6, 6.07) is 5.58. The lowest BCUT2D eigenvalue weighted by Crippen LogP contribution is -2.51. The molecule has 28 heavy (non-hydrogen) atoms. The van der Waals surface area contributed by atoms with Gasteiger partial charge in [0.15, 0.2) is 5.83 Å². The summed E-state index contributed by atoms with van der Waals surface area (Å²) in [6.07, 6.45) is 4.21. The molecule has 2 heterocycles. The Balaban J connectivity index is 1.76. The van der Waals surface area contributed by atoms with Crippen molar-refractivity contribution in [1.29, 1.82) is 0 Å². The van der Waals surface area contributed by atoms with E-state index < -0.39 is 17.6 Å². The number of piperidine rings is 1. The van der Waals surface area contributed by atoms with Crippen LogP contribution in [0.2, 0.25) is 0 Å². The topological polar surface area (TPSA) is 53.4 Å². The van der Waals surface area contributed by atoms with Gasteiger partial charge in [-0.05, 0) is 42.5 Å². The highest BCUT2D eigenvalue weighted by Gasteiger charge is 2.44. The van der Waals surface area contributed by atoms with Gasteiger partial charge in [0.05, 0.1) is 10.7 Å². The van der Waals surface area contributed by atoms with Gasteiger partial charge in [-0.2, -0.15) is 0 Å². The number of aliphatic carboxylic acids is 1. The summed E-state index contributed by atoms with van der Waals surface area (Å²) in [4.78, 5) is 17.0. The van der Waals surface area contributed by atoms with Crippen molar-refractivity contribution in [1.82, 2.24) is 9.88 Å². The summed E-state index contributed by atoms with van der Waals surface area (Å²) >= 11 is 1.62. The van der Waals surface area contributed by atoms with Crippen molar-refractivity contribution in [2.24, 2.45) is 5.92 Å². The average molecular weight is 409 g/mol. The predicted octanol–water partition coefficient (Wildman–Crippen LogP) is 5.08. The van der Waals surface area contributed by atoms with E-state index in [0.717, 1.165) is 11.4 Å². The lowest BCUT2D eigenvalue weighted by Gasteiger charge is -2.42. The number of nitrogens with zero attached hydrogens (tertiary/aromatic N) is 2. The van der Waals surface area contributed by atoms with Gasteiger partial charge in [0.2, 0.25) is 5.79 Å². The Hall–Kier alpha value is -1.73. The van der Waals surface area contributed by atoms with Crippen LogP contribution in [0.15, 0.2) is 41.2 Å². The lowest BCUT2D eigenvalue weighted by atomic mass is 9.90. The minimum Gasteiger partial charge on any atom is -0.481 e. The number of carboxylic acid groups (broad SMARTS) is 1. The largest absolute Gasteiger partial charge is 0.481 e. The van der Waals surface area contributed by atoms with Gasteiger partial charge in [-0.25, -0.2) is 13.8 Å². The van der Waals surface area contributed by atoms with E-state index in [1.54, 1.807) is 23.9 Å². The highest BCUT2D eigenvalue weighted by Crippen LogP contribution is 2.41. The van der Waals surface area contributed by atoms with E-state index in [2.05, 4.69) is 18.8 Å². The lowest BCUT2D eigenvalue weighted by molar-refractivity contribution is -0.139. The van der Waals surface area contributed by atoms with Crippen molar-refractivity contribution >= 4 is 23.3 Å². The van der Waals surface area contributed by atoms with Crippen molar-refractivity contribution in [2.75, 3.05) is 13.1 Å². The normalized spacial score (nSPS) is 26.1. The molecule has 1 aromatic heterocycles. The maximum Gasteiger partial charge on any atom is 0.303 e. The fraction of sp³-hybridized carbons (Fsp3) is 0.524. The van der Waals surface area contributed by atoms with Gasteiger partial charge in [0.1, 0.15) is 0 Å². The fourth-order valence-corrected chi connectivity index (χ4v) is 4.58. The van der Waals surface area contributed by atoms with Crippen LogP contribution in [-0.4, -0.2) is 45.1 Å². The number of thioether (sulfide) groups is 1. The van der Waals surface area contributed by atoms with Gasteiger partial charge >= 0.3 is 5.97 Å². The molecule has 1 aliphatic carbocycles. The quantitative estimate of drug-likeness (QED) is 0.526. The molecule has 1 saturated heterocycles. The van der Waals surface area contributed by atoms with Gasteiger partial charge in [0, 0.05) is 31.2 Å². The van der Waals surface area contributed by atoms with Crippen LogP contribution in [0, 0.1) is 5.92 Å². The highest BCUT2D eigenvalue weighted by molar-refractivity contribution is 7.99. The number of alkyl halides is 1.